The fraction of sp³-hybridized carbons (Fsp3) is 1.00. The summed E-state index contributed by atoms with van der Waals surface area (Å²) in [6.07, 6.45) is 5.07. The minimum absolute atomic E-state index is 0.383. The summed E-state index contributed by atoms with van der Waals surface area (Å²) in [5, 5.41) is 3.66. The molecular weight excluding hydrogens is 212 g/mol. The zero-order chi connectivity index (χ0) is 12.4. The van der Waals surface area contributed by atoms with Gasteiger partial charge in [-0.2, -0.15) is 0 Å². The molecule has 100 valence electrons. The van der Waals surface area contributed by atoms with Gasteiger partial charge in [0.2, 0.25) is 0 Å². The largest absolute Gasteiger partial charge is 0.381 e. The molecule has 3 nitrogen and oxygen atoms in total. The molecule has 1 aliphatic carbocycles. The summed E-state index contributed by atoms with van der Waals surface area (Å²) in [5.74, 6) is 0.803. The summed E-state index contributed by atoms with van der Waals surface area (Å²) < 4.78 is 5.44. The minimum Gasteiger partial charge on any atom is -0.381 e. The van der Waals surface area contributed by atoms with Crippen molar-refractivity contribution in [2.75, 3.05) is 32.8 Å². The van der Waals surface area contributed by atoms with Crippen LogP contribution < -0.4 is 11.1 Å². The highest BCUT2D eigenvalue weighted by molar-refractivity contribution is 4.96. The highest BCUT2D eigenvalue weighted by atomic mass is 16.5. The van der Waals surface area contributed by atoms with Crippen LogP contribution in [0, 0.1) is 16.7 Å². The second kappa shape index (κ2) is 5.25. The molecule has 2 aliphatic rings. The molecule has 0 spiro atoms. The molecule has 0 atom stereocenters. The normalized spacial score (nSPS) is 24.9. The molecule has 3 heteroatoms. The van der Waals surface area contributed by atoms with Gasteiger partial charge in [0, 0.05) is 26.3 Å². The molecule has 0 aromatic heterocycles. The van der Waals surface area contributed by atoms with Gasteiger partial charge in [0.25, 0.3) is 0 Å². The van der Waals surface area contributed by atoms with Gasteiger partial charge in [0.05, 0.1) is 0 Å². The molecule has 1 aliphatic heterocycles. The van der Waals surface area contributed by atoms with E-state index < -0.39 is 0 Å². The van der Waals surface area contributed by atoms with E-state index >= 15 is 0 Å². The van der Waals surface area contributed by atoms with Crippen LogP contribution in [0.25, 0.3) is 0 Å². The van der Waals surface area contributed by atoms with Gasteiger partial charge in [-0.05, 0) is 49.0 Å². The van der Waals surface area contributed by atoms with E-state index in [2.05, 4.69) is 19.2 Å². The molecule has 1 saturated carbocycles. The monoisotopic (exact) mass is 240 g/mol. The van der Waals surface area contributed by atoms with Crippen molar-refractivity contribution in [1.82, 2.24) is 5.32 Å². The van der Waals surface area contributed by atoms with Crippen LogP contribution in [-0.4, -0.2) is 32.8 Å². The van der Waals surface area contributed by atoms with Crippen LogP contribution in [0.1, 0.15) is 39.5 Å². The maximum Gasteiger partial charge on any atom is 0.0468 e. The average molecular weight is 240 g/mol. The first kappa shape index (κ1) is 13.3. The van der Waals surface area contributed by atoms with E-state index in [0.29, 0.717) is 10.8 Å². The summed E-state index contributed by atoms with van der Waals surface area (Å²) in [4.78, 5) is 0. The van der Waals surface area contributed by atoms with Crippen molar-refractivity contribution in [3.8, 4) is 0 Å². The second-order valence-electron chi connectivity index (χ2n) is 6.68. The Morgan fingerprint density at radius 1 is 1.29 bits per heavy atom. The molecule has 0 bridgehead atoms. The van der Waals surface area contributed by atoms with Gasteiger partial charge >= 0.3 is 0 Å². The van der Waals surface area contributed by atoms with E-state index in [-0.39, 0.29) is 0 Å². The molecule has 0 aromatic rings. The van der Waals surface area contributed by atoms with Gasteiger partial charge in [-0.3, -0.25) is 0 Å². The Hall–Kier alpha value is -0.120. The summed E-state index contributed by atoms with van der Waals surface area (Å²) in [6, 6.07) is 0. The van der Waals surface area contributed by atoms with Crippen molar-refractivity contribution in [3.05, 3.63) is 0 Å². The van der Waals surface area contributed by atoms with Crippen molar-refractivity contribution in [1.29, 1.82) is 0 Å². The molecule has 2 fully saturated rings. The van der Waals surface area contributed by atoms with Gasteiger partial charge in [-0.25, -0.2) is 0 Å². The molecule has 0 radical (unpaired) electrons. The van der Waals surface area contributed by atoms with E-state index in [9.17, 15) is 0 Å². The number of hydrogen-bond donors (Lipinski definition) is 2. The van der Waals surface area contributed by atoms with Crippen LogP contribution in [0.5, 0.6) is 0 Å². The van der Waals surface area contributed by atoms with E-state index in [4.69, 9.17) is 10.5 Å². The lowest BCUT2D eigenvalue weighted by molar-refractivity contribution is 0.0225. The maximum absolute atomic E-state index is 5.80. The lowest BCUT2D eigenvalue weighted by Crippen LogP contribution is -2.41. The lowest BCUT2D eigenvalue weighted by atomic mass is 9.74. The molecule has 0 unspecified atom stereocenters. The van der Waals surface area contributed by atoms with Crippen molar-refractivity contribution in [2.45, 2.75) is 39.5 Å². The molecule has 1 heterocycles. The van der Waals surface area contributed by atoms with E-state index in [1.165, 1.54) is 25.7 Å². The Balaban J connectivity index is 1.72. The van der Waals surface area contributed by atoms with Crippen LogP contribution in [0.3, 0.4) is 0 Å². The van der Waals surface area contributed by atoms with Gasteiger partial charge in [0.1, 0.15) is 0 Å². The molecule has 0 aromatic carbocycles. The zero-order valence-corrected chi connectivity index (χ0v) is 11.4. The second-order valence-corrected chi connectivity index (χ2v) is 6.68. The smallest absolute Gasteiger partial charge is 0.0468 e. The van der Waals surface area contributed by atoms with Gasteiger partial charge in [-0.15, -0.1) is 0 Å². The van der Waals surface area contributed by atoms with Crippen LogP contribution in [0.15, 0.2) is 0 Å². The summed E-state index contributed by atoms with van der Waals surface area (Å²) in [6.45, 7) is 9.73. The summed E-state index contributed by atoms with van der Waals surface area (Å²) in [7, 11) is 0. The molecule has 3 N–H and O–H groups in total. The third-order valence-corrected chi connectivity index (χ3v) is 4.80. The number of nitrogens with one attached hydrogen (secondary N) is 1. The topological polar surface area (TPSA) is 47.3 Å². The number of hydrogen-bond acceptors (Lipinski definition) is 3. The highest BCUT2D eigenvalue weighted by Gasteiger charge is 2.41. The third-order valence-electron chi connectivity index (χ3n) is 4.80. The number of ether oxygens (including phenoxy) is 1. The van der Waals surface area contributed by atoms with Crippen molar-refractivity contribution in [2.24, 2.45) is 22.5 Å². The Labute approximate surface area is 105 Å². The summed E-state index contributed by atoms with van der Waals surface area (Å²) in [5.41, 5.74) is 6.64. The average Bonchev–Trinajstić information content (AvgIpc) is 3.11. The predicted octanol–water partition coefficient (Wildman–Crippen LogP) is 1.77. The Morgan fingerprint density at radius 2 is 1.94 bits per heavy atom. The Kier molecular flexibility index (Phi) is 4.11. The minimum atomic E-state index is 0.383. The van der Waals surface area contributed by atoms with Crippen molar-refractivity contribution in [3.63, 3.8) is 0 Å². The fourth-order valence-corrected chi connectivity index (χ4v) is 2.90. The fourth-order valence-electron chi connectivity index (χ4n) is 2.90. The van der Waals surface area contributed by atoms with Crippen molar-refractivity contribution >= 4 is 0 Å². The first-order chi connectivity index (χ1) is 8.08. The molecule has 17 heavy (non-hydrogen) atoms. The van der Waals surface area contributed by atoms with Crippen LogP contribution in [0.4, 0.5) is 0 Å². The maximum atomic E-state index is 5.80. The predicted molar refractivity (Wildman–Crippen MR) is 70.9 cm³/mol. The van der Waals surface area contributed by atoms with Crippen molar-refractivity contribution < 1.29 is 4.74 Å². The standard InChI is InChI=1S/C14H28N2O/c1-13(2,12-3-7-17-8-4-12)10-16-11-14(9-15)5-6-14/h12,16H,3-11,15H2,1-2H3. The highest BCUT2D eigenvalue weighted by Crippen LogP contribution is 2.44. The first-order valence-corrected chi connectivity index (χ1v) is 7.07. The van der Waals surface area contributed by atoms with Gasteiger partial charge in [0.15, 0.2) is 0 Å². The molecular formula is C14H28N2O. The van der Waals surface area contributed by atoms with E-state index in [1.54, 1.807) is 0 Å². The third kappa shape index (κ3) is 3.43. The zero-order valence-electron chi connectivity index (χ0n) is 11.4. The SMILES string of the molecule is CC(C)(CNCC1(CN)CC1)C1CCOCC1. The lowest BCUT2D eigenvalue weighted by Gasteiger charge is -2.37. The molecule has 0 amide bonds. The van der Waals surface area contributed by atoms with Crippen LogP contribution >= 0.6 is 0 Å². The Morgan fingerprint density at radius 3 is 2.47 bits per heavy atom. The van der Waals surface area contributed by atoms with Gasteiger partial charge in [-0.1, -0.05) is 13.8 Å². The first-order valence-electron chi connectivity index (χ1n) is 7.07. The molecule has 2 rings (SSSR count). The summed E-state index contributed by atoms with van der Waals surface area (Å²) >= 11 is 0. The molecule has 1 saturated heterocycles. The van der Waals surface area contributed by atoms with Crippen LogP contribution in [0.2, 0.25) is 0 Å². The number of rotatable bonds is 6. The quantitative estimate of drug-likeness (QED) is 0.744. The number of nitrogens with two attached hydrogens (primary N) is 1. The van der Waals surface area contributed by atoms with Crippen LogP contribution in [-0.2, 0) is 4.74 Å². The van der Waals surface area contributed by atoms with E-state index in [0.717, 1.165) is 38.8 Å². The Bertz CT molecular complexity index is 243. The van der Waals surface area contributed by atoms with Gasteiger partial charge < -0.3 is 15.8 Å². The van der Waals surface area contributed by atoms with E-state index in [1.807, 2.05) is 0 Å².